The van der Waals surface area contributed by atoms with E-state index in [0.717, 1.165) is 0 Å². The van der Waals surface area contributed by atoms with Gasteiger partial charge in [-0.3, -0.25) is 0 Å². The molecular weight excluding hydrogens is 169 g/mol. The molecule has 0 bridgehead atoms. The van der Waals surface area contributed by atoms with Gasteiger partial charge < -0.3 is 0 Å². The summed E-state index contributed by atoms with van der Waals surface area (Å²) in [6.45, 7) is 6.85. The fraction of sp³-hybridized carbons (Fsp3) is 0.875. The van der Waals surface area contributed by atoms with Crippen LogP contribution in [-0.2, 0) is 0 Å². The Kier molecular flexibility index (Phi) is 6.83. The van der Waals surface area contributed by atoms with Gasteiger partial charge in [-0.25, -0.2) is 0 Å². The first-order chi connectivity index (χ1) is 4.35. The van der Waals surface area contributed by atoms with E-state index in [9.17, 15) is 0 Å². The second-order valence-corrected chi connectivity index (χ2v) is 8.52. The first kappa shape index (κ1) is 9.41. The van der Waals surface area contributed by atoms with Crippen LogP contribution in [0, 0.1) is 0 Å². The van der Waals surface area contributed by atoms with Crippen LogP contribution in [0.4, 0.5) is 0 Å². The van der Waals surface area contributed by atoms with Gasteiger partial charge in [0.25, 0.3) is 0 Å². The third kappa shape index (κ3) is 4.89. The summed E-state index contributed by atoms with van der Waals surface area (Å²) < 4.78 is 0. The van der Waals surface area contributed by atoms with Gasteiger partial charge in [0.15, 0.2) is 0 Å². The van der Waals surface area contributed by atoms with Crippen LogP contribution < -0.4 is 0 Å². The molecule has 0 aliphatic carbocycles. The number of hydrogen-bond acceptors (Lipinski definition) is 0. The standard InChI is InChI=1S/C8H18Ge/c1-4-7-9(6-3)8-5-2/h6H,4-5,7-8H2,1-3H3. The minimum atomic E-state index is -0.583. The molecule has 0 spiro atoms. The summed E-state index contributed by atoms with van der Waals surface area (Å²) >= 11 is -0.583. The Morgan fingerprint density at radius 2 is 1.56 bits per heavy atom. The molecule has 0 unspecified atom stereocenters. The predicted octanol–water partition coefficient (Wildman–Crippen LogP) is 2.71. The van der Waals surface area contributed by atoms with Crippen molar-refractivity contribution in [2.75, 3.05) is 0 Å². The van der Waals surface area contributed by atoms with Crippen LogP contribution in [0.25, 0.3) is 0 Å². The minimum absolute atomic E-state index is 0.583. The Labute approximate surface area is 63.3 Å². The van der Waals surface area contributed by atoms with Gasteiger partial charge in [0.2, 0.25) is 0 Å². The van der Waals surface area contributed by atoms with Gasteiger partial charge in [0, 0.05) is 0 Å². The van der Waals surface area contributed by atoms with Gasteiger partial charge in [0.1, 0.15) is 0 Å². The van der Waals surface area contributed by atoms with Crippen molar-refractivity contribution in [1.29, 1.82) is 0 Å². The molecule has 0 radical (unpaired) electrons. The topological polar surface area (TPSA) is 0 Å². The van der Waals surface area contributed by atoms with E-state index in [-0.39, 0.29) is 0 Å². The summed E-state index contributed by atoms with van der Waals surface area (Å²) in [7, 11) is 0. The molecule has 0 amide bonds. The third-order valence-corrected chi connectivity index (χ3v) is 8.06. The summed E-state index contributed by atoms with van der Waals surface area (Å²) in [5, 5.41) is 3.09. The van der Waals surface area contributed by atoms with E-state index in [1.807, 2.05) is 0 Å². The quantitative estimate of drug-likeness (QED) is 0.593. The fourth-order valence-electron chi connectivity index (χ4n) is 1.06. The summed E-state index contributed by atoms with van der Waals surface area (Å²) in [6.07, 6.45) is 2.80. The summed E-state index contributed by atoms with van der Waals surface area (Å²) in [5.41, 5.74) is 0. The molecular formula is C8H18Ge. The van der Waals surface area contributed by atoms with Crippen molar-refractivity contribution in [2.45, 2.75) is 44.1 Å². The molecule has 0 heterocycles. The van der Waals surface area contributed by atoms with Crippen molar-refractivity contribution >= 4 is 18.8 Å². The second-order valence-electron chi connectivity index (χ2n) is 2.45. The van der Waals surface area contributed by atoms with Crippen molar-refractivity contribution in [2.24, 2.45) is 0 Å². The van der Waals surface area contributed by atoms with Crippen LogP contribution in [0.3, 0.4) is 0 Å². The Balaban J connectivity index is 3.43. The summed E-state index contributed by atoms with van der Waals surface area (Å²) in [6, 6.07) is 0. The monoisotopic (exact) mass is 188 g/mol. The van der Waals surface area contributed by atoms with Crippen LogP contribution in [0.2, 0.25) is 10.5 Å². The Morgan fingerprint density at radius 1 is 1.11 bits per heavy atom. The zero-order valence-corrected chi connectivity index (χ0v) is 9.00. The normalized spacial score (nSPS) is 9.22. The van der Waals surface area contributed by atoms with Crippen molar-refractivity contribution < 1.29 is 0 Å². The van der Waals surface area contributed by atoms with Crippen LogP contribution >= 0.6 is 0 Å². The number of rotatable bonds is 4. The molecule has 0 aromatic rings. The van der Waals surface area contributed by atoms with Gasteiger partial charge in [-0.1, -0.05) is 0 Å². The molecule has 0 rings (SSSR count). The molecule has 1 heteroatoms. The Morgan fingerprint density at radius 3 is 1.78 bits per heavy atom. The van der Waals surface area contributed by atoms with Crippen molar-refractivity contribution in [1.82, 2.24) is 0 Å². The van der Waals surface area contributed by atoms with Gasteiger partial charge >= 0.3 is 62.9 Å². The van der Waals surface area contributed by atoms with Gasteiger partial charge in [-0.2, -0.15) is 0 Å². The van der Waals surface area contributed by atoms with Crippen molar-refractivity contribution in [3.8, 4) is 0 Å². The van der Waals surface area contributed by atoms with E-state index in [4.69, 9.17) is 0 Å². The molecule has 0 fully saturated rings. The Hall–Kier alpha value is 0.413. The van der Waals surface area contributed by atoms with E-state index >= 15 is 0 Å². The summed E-state index contributed by atoms with van der Waals surface area (Å²) in [5.74, 6) is 0. The molecule has 0 atom stereocenters. The predicted molar refractivity (Wildman–Crippen MR) is 47.7 cm³/mol. The number of hydrogen-bond donors (Lipinski definition) is 0. The average Bonchev–Trinajstić information content (AvgIpc) is 1.88. The molecule has 0 saturated heterocycles. The van der Waals surface area contributed by atoms with Crippen LogP contribution in [0.1, 0.15) is 33.6 Å². The molecule has 0 N–H and O–H groups in total. The van der Waals surface area contributed by atoms with E-state index < -0.39 is 13.9 Å². The molecule has 0 aliphatic rings. The average molecular weight is 187 g/mol. The zero-order valence-electron chi connectivity index (χ0n) is 6.91. The summed E-state index contributed by atoms with van der Waals surface area (Å²) in [4.78, 5) is 2.51. The third-order valence-electron chi connectivity index (χ3n) is 1.55. The zero-order chi connectivity index (χ0) is 7.11. The van der Waals surface area contributed by atoms with Crippen molar-refractivity contribution in [3.05, 3.63) is 0 Å². The van der Waals surface area contributed by atoms with Crippen LogP contribution in [0.15, 0.2) is 0 Å². The van der Waals surface area contributed by atoms with E-state index in [0.29, 0.717) is 0 Å². The van der Waals surface area contributed by atoms with Gasteiger partial charge in [-0.15, -0.1) is 0 Å². The Bertz CT molecular complexity index is 76.6. The van der Waals surface area contributed by atoms with E-state index in [2.05, 4.69) is 25.6 Å². The second kappa shape index (κ2) is 6.53. The van der Waals surface area contributed by atoms with Gasteiger partial charge in [-0.05, 0) is 0 Å². The van der Waals surface area contributed by atoms with E-state index in [1.54, 1.807) is 10.5 Å². The molecule has 9 heavy (non-hydrogen) atoms. The SMILES string of the molecule is C[CH]=[Ge]([CH2]CC)[CH2]CC. The molecule has 0 aliphatic heterocycles. The first-order valence-corrected chi connectivity index (χ1v) is 8.17. The molecule has 0 aromatic carbocycles. The molecule has 54 valence electrons. The van der Waals surface area contributed by atoms with Gasteiger partial charge in [0.05, 0.1) is 0 Å². The van der Waals surface area contributed by atoms with Crippen LogP contribution in [-0.4, -0.2) is 18.8 Å². The van der Waals surface area contributed by atoms with Crippen molar-refractivity contribution in [3.63, 3.8) is 0 Å². The molecule has 0 saturated carbocycles. The maximum atomic E-state index is 2.51. The fourth-order valence-corrected chi connectivity index (χ4v) is 5.49. The molecule has 0 nitrogen and oxygen atoms in total. The first-order valence-electron chi connectivity index (χ1n) is 3.99. The molecule has 0 aromatic heterocycles. The van der Waals surface area contributed by atoms with Crippen LogP contribution in [0.5, 0.6) is 0 Å². The van der Waals surface area contributed by atoms with E-state index in [1.165, 1.54) is 12.8 Å². The maximum absolute atomic E-state index is 2.51.